The van der Waals surface area contributed by atoms with Crippen LogP contribution in [0, 0.1) is 0 Å². The summed E-state index contributed by atoms with van der Waals surface area (Å²) in [5, 5.41) is 0.543. The number of benzene rings is 2. The van der Waals surface area contributed by atoms with Crippen LogP contribution in [-0.2, 0) is 11.2 Å². The number of Topliss-reactive ketones (excluding diaryl/α,β-unsaturated/α-hetero) is 1. The van der Waals surface area contributed by atoms with Gasteiger partial charge in [-0.15, -0.1) is 0 Å². The van der Waals surface area contributed by atoms with E-state index < -0.39 is 12.0 Å². The number of amides is 2. The molecule has 7 heteroatoms. The van der Waals surface area contributed by atoms with Crippen LogP contribution in [0.3, 0.4) is 0 Å². The molecule has 2 amide bonds. The third-order valence-electron chi connectivity index (χ3n) is 3.33. The van der Waals surface area contributed by atoms with Crippen molar-refractivity contribution in [1.29, 1.82) is 0 Å². The molecule has 0 saturated heterocycles. The van der Waals surface area contributed by atoms with Gasteiger partial charge in [0.2, 0.25) is 0 Å². The molecule has 0 bridgehead atoms. The van der Waals surface area contributed by atoms with Crippen molar-refractivity contribution in [3.63, 3.8) is 0 Å². The fourth-order valence-electron chi connectivity index (χ4n) is 2.15. The molecule has 2 aromatic carbocycles. The van der Waals surface area contributed by atoms with Gasteiger partial charge < -0.3 is 4.74 Å². The molecule has 2 N–H and O–H groups in total. The summed E-state index contributed by atoms with van der Waals surface area (Å²) >= 11 is 5.82. The zero-order valence-electron chi connectivity index (χ0n) is 13.5. The van der Waals surface area contributed by atoms with Crippen molar-refractivity contribution in [2.75, 3.05) is 6.61 Å². The van der Waals surface area contributed by atoms with E-state index in [9.17, 15) is 14.4 Å². The summed E-state index contributed by atoms with van der Waals surface area (Å²) in [6.45, 7) is 1.84. The van der Waals surface area contributed by atoms with E-state index in [1.54, 1.807) is 55.5 Å². The van der Waals surface area contributed by atoms with E-state index in [1.165, 1.54) is 0 Å². The number of halogens is 1. The molecule has 2 rings (SSSR count). The summed E-state index contributed by atoms with van der Waals surface area (Å²) in [5.41, 5.74) is 5.74. The van der Waals surface area contributed by atoms with Crippen LogP contribution >= 0.6 is 11.6 Å². The molecule has 0 saturated carbocycles. The van der Waals surface area contributed by atoms with E-state index in [4.69, 9.17) is 11.6 Å². The molecule has 0 aliphatic heterocycles. The maximum atomic E-state index is 12.4. The van der Waals surface area contributed by atoms with Gasteiger partial charge in [0.25, 0.3) is 5.91 Å². The molecule has 0 heterocycles. The summed E-state index contributed by atoms with van der Waals surface area (Å²) in [4.78, 5) is 35.9. The summed E-state index contributed by atoms with van der Waals surface area (Å²) in [7, 11) is 0. The quantitative estimate of drug-likeness (QED) is 0.633. The monoisotopic (exact) mass is 360 g/mol. The smallest absolute Gasteiger partial charge is 0.426 e. The number of carbonyl (C=O) groups is 3. The van der Waals surface area contributed by atoms with Gasteiger partial charge in [-0.3, -0.25) is 15.0 Å². The number of hydrogen-bond acceptors (Lipinski definition) is 4. The molecular formula is C18H17ClN2O4. The molecule has 0 aromatic heterocycles. The van der Waals surface area contributed by atoms with Crippen LogP contribution in [-0.4, -0.2) is 24.4 Å². The van der Waals surface area contributed by atoms with Crippen LogP contribution < -0.4 is 10.9 Å². The SMILES string of the molecule is CCOC(=O)NNC(=O)c1ccccc1CC(=O)c1ccc(Cl)cc1. The first kappa shape index (κ1) is 18.5. The normalized spacial score (nSPS) is 10.0. The third-order valence-corrected chi connectivity index (χ3v) is 3.58. The van der Waals surface area contributed by atoms with Gasteiger partial charge in [0.15, 0.2) is 5.78 Å². The summed E-state index contributed by atoms with van der Waals surface area (Å²) in [6, 6.07) is 13.2. The summed E-state index contributed by atoms with van der Waals surface area (Å²) < 4.78 is 4.66. The minimum Gasteiger partial charge on any atom is -0.449 e. The molecule has 6 nitrogen and oxygen atoms in total. The van der Waals surface area contributed by atoms with Gasteiger partial charge in [0.05, 0.1) is 6.61 Å². The highest BCUT2D eigenvalue weighted by molar-refractivity contribution is 6.30. The number of rotatable bonds is 5. The van der Waals surface area contributed by atoms with Gasteiger partial charge >= 0.3 is 6.09 Å². The Labute approximate surface area is 150 Å². The fourth-order valence-corrected chi connectivity index (χ4v) is 2.28. The van der Waals surface area contributed by atoms with Crippen LogP contribution in [0.2, 0.25) is 5.02 Å². The molecule has 0 unspecified atom stereocenters. The lowest BCUT2D eigenvalue weighted by molar-refractivity contribution is 0.0911. The molecule has 2 aromatic rings. The van der Waals surface area contributed by atoms with Crippen LogP contribution in [0.4, 0.5) is 4.79 Å². The minimum atomic E-state index is -0.759. The first-order valence-electron chi connectivity index (χ1n) is 7.61. The van der Waals surface area contributed by atoms with Gasteiger partial charge in [-0.05, 0) is 42.8 Å². The Morgan fingerprint density at radius 1 is 1.00 bits per heavy atom. The zero-order chi connectivity index (χ0) is 18.2. The van der Waals surface area contributed by atoms with E-state index in [0.29, 0.717) is 21.7 Å². The van der Waals surface area contributed by atoms with E-state index >= 15 is 0 Å². The van der Waals surface area contributed by atoms with E-state index in [-0.39, 0.29) is 18.8 Å². The topological polar surface area (TPSA) is 84.5 Å². The number of hydrogen-bond donors (Lipinski definition) is 2. The molecular weight excluding hydrogens is 344 g/mol. The van der Waals surface area contributed by atoms with Crippen molar-refractivity contribution in [3.8, 4) is 0 Å². The lowest BCUT2D eigenvalue weighted by Crippen LogP contribution is -2.42. The molecule has 0 radical (unpaired) electrons. The molecule has 0 spiro atoms. The molecule has 0 atom stereocenters. The number of carbonyl (C=O) groups excluding carboxylic acids is 3. The highest BCUT2D eigenvalue weighted by Gasteiger charge is 2.15. The van der Waals surface area contributed by atoms with Crippen molar-refractivity contribution in [2.24, 2.45) is 0 Å². The lowest BCUT2D eigenvalue weighted by Gasteiger charge is -2.10. The van der Waals surface area contributed by atoms with E-state index in [1.807, 2.05) is 0 Å². The Hall–Kier alpha value is -2.86. The van der Waals surface area contributed by atoms with Gasteiger partial charge in [-0.25, -0.2) is 10.2 Å². The second-order valence-corrected chi connectivity index (χ2v) is 5.50. The maximum absolute atomic E-state index is 12.4. The summed E-state index contributed by atoms with van der Waals surface area (Å²) in [6.07, 6.45) is -0.712. The Bertz CT molecular complexity index is 775. The Morgan fingerprint density at radius 2 is 1.68 bits per heavy atom. The zero-order valence-corrected chi connectivity index (χ0v) is 14.3. The number of hydrazine groups is 1. The van der Waals surface area contributed by atoms with Gasteiger partial charge in [0, 0.05) is 22.6 Å². The highest BCUT2D eigenvalue weighted by Crippen LogP contribution is 2.15. The van der Waals surface area contributed by atoms with Crippen LogP contribution in [0.5, 0.6) is 0 Å². The van der Waals surface area contributed by atoms with Gasteiger partial charge in [0.1, 0.15) is 0 Å². The van der Waals surface area contributed by atoms with Crippen molar-refractivity contribution in [1.82, 2.24) is 10.9 Å². The Balaban J connectivity index is 2.09. The van der Waals surface area contributed by atoms with Gasteiger partial charge in [-0.1, -0.05) is 29.8 Å². The van der Waals surface area contributed by atoms with Crippen molar-refractivity contribution in [3.05, 3.63) is 70.2 Å². The maximum Gasteiger partial charge on any atom is 0.426 e. The lowest BCUT2D eigenvalue weighted by atomic mass is 9.98. The Morgan fingerprint density at radius 3 is 2.36 bits per heavy atom. The van der Waals surface area contributed by atoms with Crippen molar-refractivity contribution >= 4 is 29.4 Å². The predicted molar refractivity (Wildman–Crippen MR) is 93.6 cm³/mol. The third kappa shape index (κ3) is 5.32. The van der Waals surface area contributed by atoms with Crippen molar-refractivity contribution in [2.45, 2.75) is 13.3 Å². The van der Waals surface area contributed by atoms with Crippen LogP contribution in [0.25, 0.3) is 0 Å². The van der Waals surface area contributed by atoms with Crippen LogP contribution in [0.1, 0.15) is 33.2 Å². The first-order valence-corrected chi connectivity index (χ1v) is 7.99. The second kappa shape index (κ2) is 8.84. The minimum absolute atomic E-state index is 0.0463. The highest BCUT2D eigenvalue weighted by atomic mass is 35.5. The molecule has 130 valence electrons. The first-order chi connectivity index (χ1) is 12.0. The summed E-state index contributed by atoms with van der Waals surface area (Å²) in [5.74, 6) is -0.678. The molecule has 25 heavy (non-hydrogen) atoms. The van der Waals surface area contributed by atoms with E-state index in [0.717, 1.165) is 0 Å². The molecule has 0 aliphatic carbocycles. The number of ether oxygens (including phenoxy) is 1. The Kier molecular flexibility index (Phi) is 6.54. The molecule has 0 fully saturated rings. The average molecular weight is 361 g/mol. The average Bonchev–Trinajstić information content (AvgIpc) is 2.61. The fraction of sp³-hybridized carbons (Fsp3) is 0.167. The number of ketones is 1. The predicted octanol–water partition coefficient (Wildman–Crippen LogP) is 3.16. The number of nitrogens with one attached hydrogen (secondary N) is 2. The van der Waals surface area contributed by atoms with Crippen molar-refractivity contribution < 1.29 is 19.1 Å². The second-order valence-electron chi connectivity index (χ2n) is 5.06. The largest absolute Gasteiger partial charge is 0.449 e. The van der Waals surface area contributed by atoms with E-state index in [2.05, 4.69) is 15.6 Å². The molecule has 0 aliphatic rings. The standard InChI is InChI=1S/C18H17ClN2O4/c1-2-25-18(24)21-20-17(23)15-6-4-3-5-13(15)11-16(22)12-7-9-14(19)10-8-12/h3-10H,2,11H2,1H3,(H,20,23)(H,21,24). The van der Waals surface area contributed by atoms with Gasteiger partial charge in [-0.2, -0.15) is 0 Å². The van der Waals surface area contributed by atoms with Crippen LogP contribution in [0.15, 0.2) is 48.5 Å².